The van der Waals surface area contributed by atoms with Crippen LogP contribution in [0.4, 0.5) is 0 Å². The molecule has 3 aromatic rings. The summed E-state index contributed by atoms with van der Waals surface area (Å²) in [6.07, 6.45) is 5.47. The number of hydrogen-bond acceptors (Lipinski definition) is 6. The van der Waals surface area contributed by atoms with E-state index in [9.17, 15) is 4.79 Å². The fraction of sp³-hybridized carbons (Fsp3) is 0.455. The average molecular weight is 443 g/mol. The first-order valence-electron chi connectivity index (χ1n) is 10.7. The normalized spacial score (nSPS) is 18.3. The van der Waals surface area contributed by atoms with E-state index in [0.29, 0.717) is 43.4 Å². The molecule has 1 aromatic carbocycles. The monoisotopic (exact) mass is 442 g/mol. The standard InChI is InChI=1S/C22H26N6O2.ClH/c29-22(19-15-28(26-25-19)13-17-7-4-9-23-12-17)27-10-8-20-18(14-27)24-21(30-20)11-16-5-2-1-3-6-16;/h1-3,5-6,15,17,23H,4,7-14H2;1H. The number of hydrogen-bond donors (Lipinski definition) is 1. The summed E-state index contributed by atoms with van der Waals surface area (Å²) < 4.78 is 7.75. The first kappa shape index (κ1) is 21.5. The fourth-order valence-corrected chi connectivity index (χ4v) is 4.26. The maximum absolute atomic E-state index is 13.0. The van der Waals surface area contributed by atoms with E-state index in [2.05, 4.69) is 32.7 Å². The summed E-state index contributed by atoms with van der Waals surface area (Å²) in [5.74, 6) is 2.03. The van der Waals surface area contributed by atoms with Gasteiger partial charge in [-0.25, -0.2) is 4.98 Å². The first-order chi connectivity index (χ1) is 14.7. The summed E-state index contributed by atoms with van der Waals surface area (Å²) in [5, 5.41) is 11.7. The van der Waals surface area contributed by atoms with Gasteiger partial charge >= 0.3 is 0 Å². The Balaban J connectivity index is 0.00000231. The van der Waals surface area contributed by atoms with E-state index in [1.54, 1.807) is 15.8 Å². The van der Waals surface area contributed by atoms with Gasteiger partial charge in [0.2, 0.25) is 0 Å². The van der Waals surface area contributed by atoms with E-state index in [4.69, 9.17) is 4.42 Å². The van der Waals surface area contributed by atoms with Crippen LogP contribution in [0.2, 0.25) is 0 Å². The van der Waals surface area contributed by atoms with Crippen LogP contribution < -0.4 is 5.32 Å². The van der Waals surface area contributed by atoms with E-state index in [-0.39, 0.29) is 18.3 Å². The molecule has 31 heavy (non-hydrogen) atoms. The van der Waals surface area contributed by atoms with Crippen LogP contribution in [0.3, 0.4) is 0 Å². The minimum atomic E-state index is -0.0960. The van der Waals surface area contributed by atoms with Crippen LogP contribution in [0, 0.1) is 5.92 Å². The van der Waals surface area contributed by atoms with Crippen LogP contribution in [-0.2, 0) is 25.9 Å². The van der Waals surface area contributed by atoms with E-state index < -0.39 is 0 Å². The molecule has 2 aliphatic heterocycles. The molecular weight excluding hydrogens is 416 g/mol. The number of benzene rings is 1. The van der Waals surface area contributed by atoms with Gasteiger partial charge in [-0.2, -0.15) is 0 Å². The van der Waals surface area contributed by atoms with Gasteiger partial charge in [0.25, 0.3) is 5.91 Å². The van der Waals surface area contributed by atoms with Gasteiger partial charge in [-0.15, -0.1) is 17.5 Å². The topological polar surface area (TPSA) is 89.1 Å². The van der Waals surface area contributed by atoms with Crippen molar-refractivity contribution in [2.75, 3.05) is 19.6 Å². The number of aromatic nitrogens is 4. The quantitative estimate of drug-likeness (QED) is 0.653. The Labute approximate surface area is 187 Å². The van der Waals surface area contributed by atoms with Crippen LogP contribution in [0.1, 0.15) is 46.2 Å². The highest BCUT2D eigenvalue weighted by Crippen LogP contribution is 2.22. The molecule has 0 radical (unpaired) electrons. The molecule has 1 saturated heterocycles. The zero-order chi connectivity index (χ0) is 20.3. The van der Waals surface area contributed by atoms with Crippen LogP contribution in [0.15, 0.2) is 40.9 Å². The van der Waals surface area contributed by atoms with Crippen molar-refractivity contribution in [3.8, 4) is 0 Å². The highest BCUT2D eigenvalue weighted by Gasteiger charge is 2.28. The van der Waals surface area contributed by atoms with Crippen molar-refractivity contribution in [3.63, 3.8) is 0 Å². The number of piperidine rings is 1. The Kier molecular flexibility index (Phi) is 6.67. The third kappa shape index (κ3) is 4.97. The fourth-order valence-electron chi connectivity index (χ4n) is 4.26. The van der Waals surface area contributed by atoms with Gasteiger partial charge in [-0.05, 0) is 37.4 Å². The first-order valence-corrected chi connectivity index (χ1v) is 10.7. The van der Waals surface area contributed by atoms with Gasteiger partial charge < -0.3 is 14.6 Å². The molecule has 0 spiro atoms. The molecule has 4 heterocycles. The summed E-state index contributed by atoms with van der Waals surface area (Å²) >= 11 is 0. The largest absolute Gasteiger partial charge is 0.445 e. The Morgan fingerprint density at radius 1 is 1.26 bits per heavy atom. The summed E-state index contributed by atoms with van der Waals surface area (Å²) in [7, 11) is 0. The molecule has 1 N–H and O–H groups in total. The summed E-state index contributed by atoms with van der Waals surface area (Å²) in [5.41, 5.74) is 2.41. The van der Waals surface area contributed by atoms with Crippen LogP contribution >= 0.6 is 12.4 Å². The Bertz CT molecular complexity index is 1010. The molecule has 164 valence electrons. The third-order valence-corrected chi connectivity index (χ3v) is 5.86. The van der Waals surface area contributed by atoms with Crippen molar-refractivity contribution in [1.29, 1.82) is 0 Å². The lowest BCUT2D eigenvalue weighted by Crippen LogP contribution is -2.36. The third-order valence-electron chi connectivity index (χ3n) is 5.86. The lowest BCUT2D eigenvalue weighted by molar-refractivity contribution is 0.0721. The summed E-state index contributed by atoms with van der Waals surface area (Å²) in [4.78, 5) is 19.4. The van der Waals surface area contributed by atoms with Crippen molar-refractivity contribution in [1.82, 2.24) is 30.2 Å². The Morgan fingerprint density at radius 2 is 2.13 bits per heavy atom. The lowest BCUT2D eigenvalue weighted by Gasteiger charge is -2.24. The molecule has 2 aromatic heterocycles. The van der Waals surface area contributed by atoms with Crippen molar-refractivity contribution in [2.24, 2.45) is 5.92 Å². The van der Waals surface area contributed by atoms with Crippen LogP contribution in [-0.4, -0.2) is 50.4 Å². The van der Waals surface area contributed by atoms with E-state index in [1.165, 1.54) is 12.8 Å². The summed E-state index contributed by atoms with van der Waals surface area (Å²) in [6, 6.07) is 10.1. The van der Waals surface area contributed by atoms with Crippen molar-refractivity contribution < 1.29 is 9.21 Å². The van der Waals surface area contributed by atoms with Gasteiger partial charge in [0.15, 0.2) is 11.6 Å². The Morgan fingerprint density at radius 3 is 2.94 bits per heavy atom. The minimum absolute atomic E-state index is 0. The van der Waals surface area contributed by atoms with Gasteiger partial charge in [0, 0.05) is 25.9 Å². The molecule has 0 aliphatic carbocycles. The number of halogens is 1. The van der Waals surface area contributed by atoms with Crippen LogP contribution in [0.5, 0.6) is 0 Å². The number of carbonyl (C=O) groups is 1. The molecular formula is C22H27ClN6O2. The predicted octanol–water partition coefficient (Wildman–Crippen LogP) is 2.48. The second kappa shape index (κ2) is 9.62. The SMILES string of the molecule is Cl.O=C(c1cn(CC2CCCNC2)nn1)N1CCc2oc(Cc3ccccc3)nc2C1. The number of fused-ring (bicyclic) bond motifs is 1. The maximum Gasteiger partial charge on any atom is 0.276 e. The van der Waals surface area contributed by atoms with Gasteiger partial charge in [0.1, 0.15) is 11.5 Å². The predicted molar refractivity (Wildman–Crippen MR) is 117 cm³/mol. The van der Waals surface area contributed by atoms with E-state index in [1.807, 2.05) is 18.2 Å². The highest BCUT2D eigenvalue weighted by molar-refractivity contribution is 5.92. The minimum Gasteiger partial charge on any atom is -0.445 e. The lowest BCUT2D eigenvalue weighted by atomic mass is 10.00. The van der Waals surface area contributed by atoms with Gasteiger partial charge in [-0.1, -0.05) is 35.5 Å². The van der Waals surface area contributed by atoms with Crippen LogP contribution in [0.25, 0.3) is 0 Å². The van der Waals surface area contributed by atoms with E-state index in [0.717, 1.165) is 36.7 Å². The highest BCUT2D eigenvalue weighted by atomic mass is 35.5. The molecule has 1 unspecified atom stereocenters. The number of carbonyl (C=O) groups excluding carboxylic acids is 1. The number of nitrogens with zero attached hydrogens (tertiary/aromatic N) is 5. The molecule has 5 rings (SSSR count). The molecule has 0 saturated carbocycles. The molecule has 8 nitrogen and oxygen atoms in total. The second-order valence-corrected chi connectivity index (χ2v) is 8.15. The smallest absolute Gasteiger partial charge is 0.276 e. The van der Waals surface area contributed by atoms with Crippen molar-refractivity contribution in [2.45, 2.75) is 38.8 Å². The van der Waals surface area contributed by atoms with Gasteiger partial charge in [0.05, 0.1) is 12.7 Å². The maximum atomic E-state index is 13.0. The number of amides is 1. The molecule has 1 fully saturated rings. The second-order valence-electron chi connectivity index (χ2n) is 8.15. The zero-order valence-corrected chi connectivity index (χ0v) is 18.2. The molecule has 0 bridgehead atoms. The summed E-state index contributed by atoms with van der Waals surface area (Å²) in [6.45, 7) is 3.93. The van der Waals surface area contributed by atoms with Crippen molar-refractivity contribution in [3.05, 3.63) is 65.1 Å². The Hall–Kier alpha value is -2.71. The molecule has 1 amide bonds. The van der Waals surface area contributed by atoms with Crippen molar-refractivity contribution >= 4 is 18.3 Å². The average Bonchev–Trinajstić information content (AvgIpc) is 3.40. The number of oxazole rings is 1. The zero-order valence-electron chi connectivity index (χ0n) is 17.4. The van der Waals surface area contributed by atoms with E-state index >= 15 is 0 Å². The molecule has 2 aliphatic rings. The number of nitrogens with one attached hydrogen (secondary N) is 1. The molecule has 1 atom stereocenters. The molecule has 9 heteroatoms. The van der Waals surface area contributed by atoms with Gasteiger partial charge in [-0.3, -0.25) is 9.48 Å². The number of rotatable bonds is 5.